The Morgan fingerprint density at radius 1 is 1.28 bits per heavy atom. The number of fused-ring (bicyclic) bond motifs is 1. The zero-order chi connectivity index (χ0) is 25.5. The van der Waals surface area contributed by atoms with Crippen molar-refractivity contribution in [3.05, 3.63) is 65.5 Å². The normalized spacial score (nSPS) is 15.8. The number of aryl methyl sites for hydroxylation is 2. The number of esters is 1. The number of anilines is 2. The molecule has 3 aromatic rings. The topological polar surface area (TPSA) is 94.5 Å². The molecular formula is C28H34N4O4. The van der Waals surface area contributed by atoms with Gasteiger partial charge in [0.1, 0.15) is 11.8 Å². The highest BCUT2D eigenvalue weighted by molar-refractivity contribution is 6.12. The second-order valence-electron chi connectivity index (χ2n) is 9.03. The minimum absolute atomic E-state index is 0.260. The number of allylic oxidation sites excluding steroid dienone is 1. The van der Waals surface area contributed by atoms with E-state index in [2.05, 4.69) is 22.8 Å². The van der Waals surface area contributed by atoms with Crippen molar-refractivity contribution in [2.24, 2.45) is 0 Å². The average Bonchev–Trinajstić information content (AvgIpc) is 3.55. The van der Waals surface area contributed by atoms with Crippen molar-refractivity contribution in [1.82, 2.24) is 9.55 Å². The van der Waals surface area contributed by atoms with Crippen LogP contribution in [0.3, 0.4) is 0 Å². The van der Waals surface area contributed by atoms with E-state index in [1.54, 1.807) is 6.20 Å². The Morgan fingerprint density at radius 3 is 2.78 bits per heavy atom. The molecule has 2 aromatic heterocycles. The van der Waals surface area contributed by atoms with E-state index in [0.29, 0.717) is 48.5 Å². The smallest absolute Gasteiger partial charge is 0.356 e. The summed E-state index contributed by atoms with van der Waals surface area (Å²) in [6.07, 6.45) is 6.40. The number of nitrogens with one attached hydrogen (secondary N) is 2. The maximum absolute atomic E-state index is 13.0. The van der Waals surface area contributed by atoms with Crippen LogP contribution < -0.4 is 10.6 Å². The Labute approximate surface area is 211 Å². The van der Waals surface area contributed by atoms with Crippen LogP contribution in [0.2, 0.25) is 0 Å². The molecule has 1 fully saturated rings. The lowest BCUT2D eigenvalue weighted by atomic mass is 10.1. The van der Waals surface area contributed by atoms with Crippen LogP contribution in [0.1, 0.15) is 49.2 Å². The molecule has 1 aliphatic rings. The van der Waals surface area contributed by atoms with E-state index in [1.807, 2.05) is 48.8 Å². The molecule has 1 atom stereocenters. The van der Waals surface area contributed by atoms with Gasteiger partial charge in [0.25, 0.3) is 5.91 Å². The third-order valence-electron chi connectivity index (χ3n) is 6.50. The van der Waals surface area contributed by atoms with E-state index in [0.717, 1.165) is 24.9 Å². The third kappa shape index (κ3) is 5.76. The molecule has 8 heteroatoms. The molecule has 2 N–H and O–H groups in total. The number of ether oxygens (including phenoxy) is 2. The SMILES string of the molecule is C/C=C(\C)CNc1cnc2c(c1)c(NC(=O)C1CCCO1)c(C(=O)OC)n2CCCc1ccccc1. The molecule has 0 saturated carbocycles. The third-order valence-corrected chi connectivity index (χ3v) is 6.50. The number of rotatable bonds is 10. The van der Waals surface area contributed by atoms with Crippen molar-refractivity contribution >= 4 is 34.3 Å². The second kappa shape index (κ2) is 11.9. The van der Waals surface area contributed by atoms with Crippen molar-refractivity contribution < 1.29 is 19.1 Å². The van der Waals surface area contributed by atoms with E-state index in [1.165, 1.54) is 18.2 Å². The van der Waals surface area contributed by atoms with E-state index in [9.17, 15) is 9.59 Å². The summed E-state index contributed by atoms with van der Waals surface area (Å²) in [5.41, 5.74) is 4.54. The lowest BCUT2D eigenvalue weighted by Gasteiger charge is -2.13. The minimum Gasteiger partial charge on any atom is -0.464 e. The molecular weight excluding hydrogens is 456 g/mol. The largest absolute Gasteiger partial charge is 0.464 e. The average molecular weight is 491 g/mol. The monoisotopic (exact) mass is 490 g/mol. The fourth-order valence-corrected chi connectivity index (χ4v) is 4.39. The first kappa shape index (κ1) is 25.4. The van der Waals surface area contributed by atoms with Gasteiger partial charge < -0.3 is 24.7 Å². The van der Waals surface area contributed by atoms with Crippen LogP contribution in [-0.2, 0) is 27.2 Å². The summed E-state index contributed by atoms with van der Waals surface area (Å²) >= 11 is 0. The first-order chi connectivity index (χ1) is 17.5. The van der Waals surface area contributed by atoms with Gasteiger partial charge in [-0.3, -0.25) is 4.79 Å². The Hall–Kier alpha value is -3.65. The fraction of sp³-hybridized carbons (Fsp3) is 0.393. The number of aromatic nitrogens is 2. The zero-order valence-corrected chi connectivity index (χ0v) is 21.2. The Balaban J connectivity index is 1.73. The van der Waals surface area contributed by atoms with Gasteiger partial charge in [0.05, 0.1) is 24.7 Å². The summed E-state index contributed by atoms with van der Waals surface area (Å²) in [6, 6.07) is 12.1. The van der Waals surface area contributed by atoms with Gasteiger partial charge in [0.15, 0.2) is 5.69 Å². The van der Waals surface area contributed by atoms with Gasteiger partial charge in [-0.25, -0.2) is 9.78 Å². The molecule has 0 spiro atoms. The lowest BCUT2D eigenvalue weighted by Crippen LogP contribution is -2.28. The number of benzene rings is 1. The summed E-state index contributed by atoms with van der Waals surface area (Å²) in [6.45, 7) is 5.81. The summed E-state index contributed by atoms with van der Waals surface area (Å²) in [7, 11) is 1.35. The van der Waals surface area contributed by atoms with Gasteiger partial charge in [0.2, 0.25) is 0 Å². The molecule has 190 valence electrons. The molecule has 1 unspecified atom stereocenters. The van der Waals surface area contributed by atoms with Crippen LogP contribution in [0, 0.1) is 0 Å². The quantitative estimate of drug-likeness (QED) is 0.308. The maximum atomic E-state index is 13.0. The molecule has 36 heavy (non-hydrogen) atoms. The lowest BCUT2D eigenvalue weighted by molar-refractivity contribution is -0.124. The van der Waals surface area contributed by atoms with Gasteiger partial charge in [-0.05, 0) is 51.2 Å². The molecule has 0 bridgehead atoms. The van der Waals surface area contributed by atoms with Crippen molar-refractivity contribution in [1.29, 1.82) is 0 Å². The number of pyridine rings is 1. The van der Waals surface area contributed by atoms with Crippen LogP contribution in [0.5, 0.6) is 0 Å². The summed E-state index contributed by atoms with van der Waals surface area (Å²) in [4.78, 5) is 30.8. The standard InChI is InChI=1S/C28H34N4O4/c1-4-19(2)17-29-21-16-22-24(31-27(33)23-13-9-15-36-23)25(28(34)35-3)32(26(22)30-18-21)14-8-12-20-10-6-5-7-11-20/h4-7,10-11,16,18,23,29H,8-9,12-15,17H2,1-3H3,(H,31,33)/b19-4+. The molecule has 1 aromatic carbocycles. The number of methoxy groups -OCH3 is 1. The summed E-state index contributed by atoms with van der Waals surface area (Å²) < 4.78 is 12.6. The van der Waals surface area contributed by atoms with Crippen molar-refractivity contribution in [2.75, 3.05) is 30.9 Å². The predicted octanol–water partition coefficient (Wildman–Crippen LogP) is 4.95. The fourth-order valence-electron chi connectivity index (χ4n) is 4.39. The van der Waals surface area contributed by atoms with Crippen LogP contribution in [0.15, 0.2) is 54.2 Å². The van der Waals surface area contributed by atoms with Gasteiger partial charge in [-0.1, -0.05) is 42.0 Å². The molecule has 1 aliphatic heterocycles. The maximum Gasteiger partial charge on any atom is 0.356 e. The van der Waals surface area contributed by atoms with Crippen LogP contribution in [0.4, 0.5) is 11.4 Å². The minimum atomic E-state index is -0.529. The second-order valence-corrected chi connectivity index (χ2v) is 9.03. The summed E-state index contributed by atoms with van der Waals surface area (Å²) in [5, 5.41) is 7.03. The number of nitrogens with zero attached hydrogens (tertiary/aromatic N) is 2. The molecule has 4 rings (SSSR count). The Morgan fingerprint density at radius 2 is 2.08 bits per heavy atom. The highest BCUT2D eigenvalue weighted by Gasteiger charge is 2.30. The van der Waals surface area contributed by atoms with Crippen LogP contribution >= 0.6 is 0 Å². The van der Waals surface area contributed by atoms with Gasteiger partial charge in [-0.2, -0.15) is 0 Å². The predicted molar refractivity (Wildman–Crippen MR) is 141 cm³/mol. The number of carbonyl (C=O) groups is 2. The van der Waals surface area contributed by atoms with E-state index in [4.69, 9.17) is 14.5 Å². The summed E-state index contributed by atoms with van der Waals surface area (Å²) in [5.74, 6) is -0.779. The van der Waals surface area contributed by atoms with Crippen LogP contribution in [-0.4, -0.2) is 47.8 Å². The molecule has 3 heterocycles. The van der Waals surface area contributed by atoms with E-state index in [-0.39, 0.29) is 5.91 Å². The van der Waals surface area contributed by atoms with Crippen molar-refractivity contribution in [3.8, 4) is 0 Å². The Kier molecular flexibility index (Phi) is 8.38. The van der Waals surface area contributed by atoms with Gasteiger partial charge >= 0.3 is 5.97 Å². The van der Waals surface area contributed by atoms with Crippen LogP contribution in [0.25, 0.3) is 11.0 Å². The molecule has 1 saturated heterocycles. The van der Waals surface area contributed by atoms with E-state index >= 15 is 0 Å². The van der Waals surface area contributed by atoms with Crippen molar-refractivity contribution in [2.45, 2.75) is 52.2 Å². The van der Waals surface area contributed by atoms with Gasteiger partial charge in [-0.15, -0.1) is 0 Å². The van der Waals surface area contributed by atoms with Gasteiger partial charge in [0, 0.05) is 25.1 Å². The van der Waals surface area contributed by atoms with Crippen molar-refractivity contribution in [3.63, 3.8) is 0 Å². The number of hydrogen-bond acceptors (Lipinski definition) is 6. The molecule has 8 nitrogen and oxygen atoms in total. The molecule has 0 aliphatic carbocycles. The first-order valence-electron chi connectivity index (χ1n) is 12.4. The number of hydrogen-bond donors (Lipinski definition) is 2. The highest BCUT2D eigenvalue weighted by atomic mass is 16.5. The zero-order valence-electron chi connectivity index (χ0n) is 21.2. The Bertz CT molecular complexity index is 1240. The first-order valence-corrected chi connectivity index (χ1v) is 12.4. The van der Waals surface area contributed by atoms with E-state index < -0.39 is 12.1 Å². The number of carbonyl (C=O) groups excluding carboxylic acids is 2. The molecule has 1 amide bonds. The number of amides is 1. The molecule has 0 radical (unpaired) electrons. The highest BCUT2D eigenvalue weighted by Crippen LogP contribution is 2.33.